The van der Waals surface area contributed by atoms with Gasteiger partial charge in [-0.25, -0.2) is 4.79 Å². The summed E-state index contributed by atoms with van der Waals surface area (Å²) >= 11 is 0. The molecule has 0 saturated heterocycles. The van der Waals surface area contributed by atoms with E-state index < -0.39 is 23.9 Å². The molecule has 1 aromatic carbocycles. The summed E-state index contributed by atoms with van der Waals surface area (Å²) in [6.07, 6.45) is -1.07. The molecule has 1 atom stereocenters. The maximum Gasteiger partial charge on any atom is 0.353 e. The first-order chi connectivity index (χ1) is 9.47. The first kappa shape index (κ1) is 13.5. The van der Waals surface area contributed by atoms with Gasteiger partial charge in [0.25, 0.3) is 5.91 Å². The van der Waals surface area contributed by atoms with Crippen molar-refractivity contribution in [3.63, 3.8) is 0 Å². The molecule has 20 heavy (non-hydrogen) atoms. The topological polar surface area (TPSA) is 131 Å². The molecule has 1 aromatic rings. The van der Waals surface area contributed by atoms with Gasteiger partial charge in [0.15, 0.2) is 5.71 Å². The molecule has 1 aliphatic heterocycles. The Kier molecular flexibility index (Phi) is 3.65. The summed E-state index contributed by atoms with van der Waals surface area (Å²) in [6, 6.07) is 5.94. The average Bonchev–Trinajstić information content (AvgIpc) is 2.89. The van der Waals surface area contributed by atoms with E-state index in [0.717, 1.165) is 0 Å². The maximum absolute atomic E-state index is 11.8. The number of nitrogens with one attached hydrogen (secondary N) is 1. The minimum Gasteiger partial charge on any atom is -0.477 e. The Morgan fingerprint density at radius 3 is 2.45 bits per heavy atom. The average molecular weight is 277 g/mol. The second-order valence-corrected chi connectivity index (χ2v) is 4.07. The third kappa shape index (κ3) is 2.91. The molecule has 1 heterocycles. The van der Waals surface area contributed by atoms with Crippen LogP contribution < -0.4 is 11.1 Å². The summed E-state index contributed by atoms with van der Waals surface area (Å²) in [5.41, 5.74) is 5.65. The second-order valence-electron chi connectivity index (χ2n) is 4.07. The molecule has 2 rings (SSSR count). The van der Waals surface area contributed by atoms with Gasteiger partial charge in [0.05, 0.1) is 0 Å². The standard InChI is InChI=1S/C12H11N3O5/c13-10(16)6-1-3-7(4-2-6)14-11(17)9-5-8(12(18)19)15-20-9/h1-4,9H,5H2,(H2,13,16)(H,14,17)(H,18,19). The van der Waals surface area contributed by atoms with E-state index >= 15 is 0 Å². The van der Waals surface area contributed by atoms with Crippen LogP contribution in [0.4, 0.5) is 5.69 Å². The number of oxime groups is 1. The zero-order chi connectivity index (χ0) is 14.7. The van der Waals surface area contributed by atoms with Gasteiger partial charge in [-0.2, -0.15) is 0 Å². The Hall–Kier alpha value is -2.90. The smallest absolute Gasteiger partial charge is 0.353 e. The van der Waals surface area contributed by atoms with Crippen molar-refractivity contribution in [1.29, 1.82) is 0 Å². The van der Waals surface area contributed by atoms with Gasteiger partial charge in [-0.05, 0) is 24.3 Å². The quantitative estimate of drug-likeness (QED) is 0.710. The number of aliphatic carboxylic acids is 1. The highest BCUT2D eigenvalue weighted by Crippen LogP contribution is 2.15. The summed E-state index contributed by atoms with van der Waals surface area (Å²) in [5, 5.41) is 14.5. The van der Waals surface area contributed by atoms with E-state index in [9.17, 15) is 14.4 Å². The van der Waals surface area contributed by atoms with Gasteiger partial charge in [-0.15, -0.1) is 0 Å². The number of carboxylic acid groups (broad SMARTS) is 1. The fourth-order valence-corrected chi connectivity index (χ4v) is 1.58. The number of rotatable bonds is 4. The molecule has 2 amide bonds. The lowest BCUT2D eigenvalue weighted by molar-refractivity contribution is -0.129. The monoisotopic (exact) mass is 277 g/mol. The van der Waals surface area contributed by atoms with Crippen LogP contribution in [0.5, 0.6) is 0 Å². The number of carbonyl (C=O) groups excluding carboxylic acids is 2. The molecular formula is C12H11N3O5. The lowest BCUT2D eigenvalue weighted by Gasteiger charge is -2.09. The number of hydrogen-bond acceptors (Lipinski definition) is 5. The van der Waals surface area contributed by atoms with E-state index in [1.165, 1.54) is 24.3 Å². The summed E-state index contributed by atoms with van der Waals surface area (Å²) in [5.74, 6) is -2.30. The fourth-order valence-electron chi connectivity index (χ4n) is 1.58. The number of amides is 2. The molecule has 0 radical (unpaired) electrons. The van der Waals surface area contributed by atoms with E-state index in [4.69, 9.17) is 15.7 Å². The van der Waals surface area contributed by atoms with Gasteiger partial charge in [-0.1, -0.05) is 5.16 Å². The van der Waals surface area contributed by atoms with Crippen LogP contribution in [0.25, 0.3) is 0 Å². The number of nitrogens with zero attached hydrogens (tertiary/aromatic N) is 1. The highest BCUT2D eigenvalue weighted by atomic mass is 16.6. The molecule has 0 aromatic heterocycles. The molecule has 104 valence electrons. The third-order valence-corrected chi connectivity index (χ3v) is 2.65. The first-order valence-electron chi connectivity index (χ1n) is 5.64. The Morgan fingerprint density at radius 2 is 1.95 bits per heavy atom. The molecular weight excluding hydrogens is 266 g/mol. The van der Waals surface area contributed by atoms with Crippen LogP contribution in [-0.4, -0.2) is 34.7 Å². The number of hydrogen-bond donors (Lipinski definition) is 3. The van der Waals surface area contributed by atoms with Crippen molar-refractivity contribution in [2.45, 2.75) is 12.5 Å². The minimum absolute atomic E-state index is 0.0967. The first-order valence-corrected chi connectivity index (χ1v) is 5.64. The predicted molar refractivity (Wildman–Crippen MR) is 68.2 cm³/mol. The summed E-state index contributed by atoms with van der Waals surface area (Å²) in [6.45, 7) is 0. The Balaban J connectivity index is 1.96. The van der Waals surface area contributed by atoms with Gasteiger partial charge in [0, 0.05) is 17.7 Å². The second kappa shape index (κ2) is 5.39. The van der Waals surface area contributed by atoms with Crippen LogP contribution in [0.1, 0.15) is 16.8 Å². The predicted octanol–water partition coefficient (Wildman–Crippen LogP) is -0.0465. The van der Waals surface area contributed by atoms with E-state index in [2.05, 4.69) is 10.5 Å². The Bertz CT molecular complexity index is 594. The molecule has 0 bridgehead atoms. The molecule has 0 aliphatic carbocycles. The molecule has 1 aliphatic rings. The molecule has 0 spiro atoms. The lowest BCUT2D eigenvalue weighted by Crippen LogP contribution is -2.28. The van der Waals surface area contributed by atoms with Crippen molar-refractivity contribution < 1.29 is 24.3 Å². The Morgan fingerprint density at radius 1 is 1.30 bits per heavy atom. The fraction of sp³-hybridized carbons (Fsp3) is 0.167. The number of anilines is 1. The van der Waals surface area contributed by atoms with Crippen molar-refractivity contribution >= 4 is 29.2 Å². The van der Waals surface area contributed by atoms with Gasteiger partial charge in [0.1, 0.15) is 0 Å². The van der Waals surface area contributed by atoms with Gasteiger partial charge >= 0.3 is 5.97 Å². The van der Waals surface area contributed by atoms with Gasteiger partial charge in [-0.3, -0.25) is 9.59 Å². The van der Waals surface area contributed by atoms with Gasteiger partial charge in [0.2, 0.25) is 12.0 Å². The van der Waals surface area contributed by atoms with E-state index in [0.29, 0.717) is 11.3 Å². The molecule has 4 N–H and O–H groups in total. The number of carboxylic acids is 1. The zero-order valence-electron chi connectivity index (χ0n) is 10.2. The van der Waals surface area contributed by atoms with Crippen molar-refractivity contribution in [2.75, 3.05) is 5.32 Å². The number of carbonyl (C=O) groups is 3. The van der Waals surface area contributed by atoms with Crippen LogP contribution in [0, 0.1) is 0 Å². The molecule has 8 nitrogen and oxygen atoms in total. The highest BCUT2D eigenvalue weighted by Gasteiger charge is 2.31. The molecule has 8 heteroatoms. The summed E-state index contributed by atoms with van der Waals surface area (Å²) < 4.78 is 0. The number of benzene rings is 1. The van der Waals surface area contributed by atoms with Crippen molar-refractivity contribution in [3.8, 4) is 0 Å². The van der Waals surface area contributed by atoms with Crippen molar-refractivity contribution in [1.82, 2.24) is 0 Å². The highest BCUT2D eigenvalue weighted by molar-refractivity contribution is 6.36. The zero-order valence-corrected chi connectivity index (χ0v) is 10.2. The molecule has 1 unspecified atom stereocenters. The molecule has 0 fully saturated rings. The normalized spacial score (nSPS) is 17.0. The number of nitrogens with two attached hydrogens (primary N) is 1. The van der Waals surface area contributed by atoms with E-state index in [-0.39, 0.29) is 12.1 Å². The largest absolute Gasteiger partial charge is 0.477 e. The third-order valence-electron chi connectivity index (χ3n) is 2.65. The lowest BCUT2D eigenvalue weighted by atomic mass is 10.1. The van der Waals surface area contributed by atoms with Crippen LogP contribution in [0.2, 0.25) is 0 Å². The van der Waals surface area contributed by atoms with Crippen LogP contribution in [0.3, 0.4) is 0 Å². The van der Waals surface area contributed by atoms with E-state index in [1.54, 1.807) is 0 Å². The SMILES string of the molecule is NC(=O)c1ccc(NC(=O)C2CC(C(=O)O)=NO2)cc1. The van der Waals surface area contributed by atoms with Crippen LogP contribution in [-0.2, 0) is 14.4 Å². The van der Waals surface area contributed by atoms with Crippen LogP contribution >= 0.6 is 0 Å². The molecule has 0 saturated carbocycles. The number of primary amides is 1. The van der Waals surface area contributed by atoms with Crippen molar-refractivity contribution in [2.24, 2.45) is 10.9 Å². The van der Waals surface area contributed by atoms with E-state index in [1.807, 2.05) is 0 Å². The Labute approximate surface area is 113 Å². The van der Waals surface area contributed by atoms with Crippen LogP contribution in [0.15, 0.2) is 29.4 Å². The summed E-state index contributed by atoms with van der Waals surface area (Å²) in [4.78, 5) is 38.1. The minimum atomic E-state index is -1.22. The van der Waals surface area contributed by atoms with Gasteiger partial charge < -0.3 is 21.0 Å². The summed E-state index contributed by atoms with van der Waals surface area (Å²) in [7, 11) is 0. The van der Waals surface area contributed by atoms with Crippen molar-refractivity contribution in [3.05, 3.63) is 29.8 Å². The maximum atomic E-state index is 11.8.